The standard InChI is InChI=1S/C19H19BrClNO4/c1-12-9-13(4-5-15(12)21)24-6-2-3-19(23)22-16-11-18-17(10-14(16)20)25-7-8-26-18/h4-5,9-11H,2-3,6-8H2,1H3,(H,22,23). The normalized spacial score (nSPS) is 12.6. The van der Waals surface area contributed by atoms with Gasteiger partial charge in [0.1, 0.15) is 19.0 Å². The van der Waals surface area contributed by atoms with Crippen molar-refractivity contribution in [2.75, 3.05) is 25.1 Å². The molecule has 0 fully saturated rings. The summed E-state index contributed by atoms with van der Waals surface area (Å²) in [6.07, 6.45) is 0.961. The molecule has 0 atom stereocenters. The molecule has 0 saturated carbocycles. The Balaban J connectivity index is 1.47. The molecule has 0 aromatic heterocycles. The van der Waals surface area contributed by atoms with Gasteiger partial charge in [0, 0.05) is 28.0 Å². The van der Waals surface area contributed by atoms with Gasteiger partial charge in [0.05, 0.1) is 12.3 Å². The Bertz CT molecular complexity index is 812. The molecule has 1 heterocycles. The summed E-state index contributed by atoms with van der Waals surface area (Å²) in [7, 11) is 0. The number of ether oxygens (including phenoxy) is 3. The Morgan fingerprint density at radius 3 is 2.69 bits per heavy atom. The van der Waals surface area contributed by atoms with Crippen LogP contribution in [0.15, 0.2) is 34.8 Å². The van der Waals surface area contributed by atoms with Gasteiger partial charge in [-0.15, -0.1) is 0 Å². The Morgan fingerprint density at radius 1 is 1.23 bits per heavy atom. The van der Waals surface area contributed by atoms with Crippen LogP contribution in [0.5, 0.6) is 17.2 Å². The van der Waals surface area contributed by atoms with E-state index in [1.54, 1.807) is 18.2 Å². The lowest BCUT2D eigenvalue weighted by atomic mass is 10.2. The molecule has 0 saturated heterocycles. The zero-order valence-electron chi connectivity index (χ0n) is 14.3. The minimum Gasteiger partial charge on any atom is -0.494 e. The summed E-state index contributed by atoms with van der Waals surface area (Å²) in [5.74, 6) is 1.98. The number of rotatable bonds is 6. The van der Waals surface area contributed by atoms with E-state index >= 15 is 0 Å². The summed E-state index contributed by atoms with van der Waals surface area (Å²) in [6, 6.07) is 9.08. The Hall–Kier alpha value is -1.92. The van der Waals surface area contributed by atoms with Gasteiger partial charge in [-0.05, 0) is 53.0 Å². The van der Waals surface area contributed by atoms with Gasteiger partial charge < -0.3 is 19.5 Å². The second kappa shape index (κ2) is 8.64. The Kier molecular flexibility index (Phi) is 6.27. The predicted octanol–water partition coefficient (Wildman–Crippen LogP) is 4.98. The van der Waals surface area contributed by atoms with Crippen LogP contribution in [0.3, 0.4) is 0 Å². The monoisotopic (exact) mass is 439 g/mol. The van der Waals surface area contributed by atoms with Crippen LogP contribution < -0.4 is 19.5 Å². The van der Waals surface area contributed by atoms with Crippen molar-refractivity contribution in [1.82, 2.24) is 0 Å². The van der Waals surface area contributed by atoms with Crippen molar-refractivity contribution in [2.24, 2.45) is 0 Å². The van der Waals surface area contributed by atoms with E-state index in [0.29, 0.717) is 54.9 Å². The maximum Gasteiger partial charge on any atom is 0.224 e. The largest absolute Gasteiger partial charge is 0.494 e. The molecule has 5 nitrogen and oxygen atoms in total. The summed E-state index contributed by atoms with van der Waals surface area (Å²) in [5.41, 5.74) is 1.62. The van der Waals surface area contributed by atoms with Gasteiger partial charge >= 0.3 is 0 Å². The topological polar surface area (TPSA) is 56.8 Å². The zero-order chi connectivity index (χ0) is 18.5. The first-order valence-electron chi connectivity index (χ1n) is 8.31. The van der Waals surface area contributed by atoms with Crippen LogP contribution in [0.25, 0.3) is 0 Å². The Morgan fingerprint density at radius 2 is 1.96 bits per heavy atom. The van der Waals surface area contributed by atoms with Crippen molar-refractivity contribution in [2.45, 2.75) is 19.8 Å². The van der Waals surface area contributed by atoms with E-state index in [0.717, 1.165) is 15.8 Å². The maximum absolute atomic E-state index is 12.2. The zero-order valence-corrected chi connectivity index (χ0v) is 16.7. The molecule has 0 aliphatic carbocycles. The van der Waals surface area contributed by atoms with Crippen molar-refractivity contribution in [1.29, 1.82) is 0 Å². The van der Waals surface area contributed by atoms with Gasteiger partial charge in [-0.2, -0.15) is 0 Å². The van der Waals surface area contributed by atoms with Gasteiger partial charge in [-0.25, -0.2) is 0 Å². The SMILES string of the molecule is Cc1cc(OCCCC(=O)Nc2cc3c(cc2Br)OCCO3)ccc1Cl. The van der Waals surface area contributed by atoms with Crippen LogP contribution in [0.2, 0.25) is 5.02 Å². The summed E-state index contributed by atoms with van der Waals surface area (Å²) in [6.45, 7) is 3.41. The lowest BCUT2D eigenvalue weighted by Gasteiger charge is -2.20. The van der Waals surface area contributed by atoms with Crippen LogP contribution in [0.4, 0.5) is 5.69 Å². The molecule has 1 aliphatic rings. The molecule has 2 aromatic rings. The second-order valence-electron chi connectivity index (χ2n) is 5.89. The highest BCUT2D eigenvalue weighted by atomic mass is 79.9. The molecule has 26 heavy (non-hydrogen) atoms. The van der Waals surface area contributed by atoms with Crippen molar-refractivity contribution >= 4 is 39.1 Å². The molecular formula is C19H19BrClNO4. The number of hydrogen-bond acceptors (Lipinski definition) is 4. The first-order valence-corrected chi connectivity index (χ1v) is 9.48. The number of nitrogens with one attached hydrogen (secondary N) is 1. The molecule has 7 heteroatoms. The molecule has 1 N–H and O–H groups in total. The quantitative estimate of drug-likeness (QED) is 0.644. The first kappa shape index (κ1) is 18.9. The van der Waals surface area contributed by atoms with Crippen LogP contribution in [0.1, 0.15) is 18.4 Å². The fourth-order valence-corrected chi connectivity index (χ4v) is 3.04. The summed E-state index contributed by atoms with van der Waals surface area (Å²) >= 11 is 9.43. The molecular weight excluding hydrogens is 422 g/mol. The van der Waals surface area contributed by atoms with Crippen LogP contribution in [-0.2, 0) is 4.79 Å². The third kappa shape index (κ3) is 4.83. The average Bonchev–Trinajstić information content (AvgIpc) is 2.62. The molecule has 3 rings (SSSR count). The number of benzene rings is 2. The van der Waals surface area contributed by atoms with E-state index in [1.807, 2.05) is 19.1 Å². The molecule has 0 bridgehead atoms. The van der Waals surface area contributed by atoms with Gasteiger partial charge in [0.2, 0.25) is 5.91 Å². The molecule has 1 aliphatic heterocycles. The number of amides is 1. The second-order valence-corrected chi connectivity index (χ2v) is 7.15. The lowest BCUT2D eigenvalue weighted by molar-refractivity contribution is -0.116. The number of halogens is 2. The predicted molar refractivity (Wildman–Crippen MR) is 105 cm³/mol. The average molecular weight is 441 g/mol. The number of hydrogen-bond donors (Lipinski definition) is 1. The molecule has 2 aromatic carbocycles. The van der Waals surface area contributed by atoms with Crippen molar-refractivity contribution in [3.8, 4) is 17.2 Å². The van der Waals surface area contributed by atoms with Crippen LogP contribution in [0, 0.1) is 6.92 Å². The fraction of sp³-hybridized carbons (Fsp3) is 0.316. The number of aryl methyl sites for hydroxylation is 1. The highest BCUT2D eigenvalue weighted by Gasteiger charge is 2.16. The first-order chi connectivity index (χ1) is 12.5. The highest BCUT2D eigenvalue weighted by molar-refractivity contribution is 9.10. The van der Waals surface area contributed by atoms with Gasteiger partial charge in [-0.1, -0.05) is 11.6 Å². The van der Waals surface area contributed by atoms with Gasteiger partial charge in [0.25, 0.3) is 0 Å². The van der Waals surface area contributed by atoms with Crippen molar-refractivity contribution in [3.05, 3.63) is 45.4 Å². The lowest BCUT2D eigenvalue weighted by Crippen LogP contribution is -2.17. The van der Waals surface area contributed by atoms with E-state index in [1.165, 1.54) is 0 Å². The number of anilines is 1. The van der Waals surface area contributed by atoms with Crippen LogP contribution >= 0.6 is 27.5 Å². The van der Waals surface area contributed by atoms with Crippen LogP contribution in [-0.4, -0.2) is 25.7 Å². The smallest absolute Gasteiger partial charge is 0.224 e. The number of carbonyl (C=O) groups excluding carboxylic acids is 1. The summed E-state index contributed by atoms with van der Waals surface area (Å²) in [4.78, 5) is 12.2. The molecule has 0 radical (unpaired) electrons. The minimum atomic E-state index is -0.0849. The minimum absolute atomic E-state index is 0.0849. The summed E-state index contributed by atoms with van der Waals surface area (Å²) < 4.78 is 17.5. The fourth-order valence-electron chi connectivity index (χ4n) is 2.50. The molecule has 138 valence electrons. The third-order valence-corrected chi connectivity index (χ3v) is 4.93. The van der Waals surface area contributed by atoms with Crippen molar-refractivity contribution in [3.63, 3.8) is 0 Å². The van der Waals surface area contributed by atoms with E-state index in [9.17, 15) is 4.79 Å². The van der Waals surface area contributed by atoms with E-state index in [2.05, 4.69) is 21.2 Å². The summed E-state index contributed by atoms with van der Waals surface area (Å²) in [5, 5.41) is 3.59. The molecule has 0 unspecified atom stereocenters. The van der Waals surface area contributed by atoms with Gasteiger partial charge in [0.15, 0.2) is 11.5 Å². The number of fused-ring (bicyclic) bond motifs is 1. The molecule has 0 spiro atoms. The van der Waals surface area contributed by atoms with Crippen molar-refractivity contribution < 1.29 is 19.0 Å². The number of carbonyl (C=O) groups is 1. The third-order valence-electron chi connectivity index (χ3n) is 3.85. The van der Waals surface area contributed by atoms with E-state index < -0.39 is 0 Å². The van der Waals surface area contributed by atoms with Gasteiger partial charge in [-0.3, -0.25) is 4.79 Å². The highest BCUT2D eigenvalue weighted by Crippen LogP contribution is 2.38. The van der Waals surface area contributed by atoms with E-state index in [-0.39, 0.29) is 5.91 Å². The molecule has 1 amide bonds. The maximum atomic E-state index is 12.2. The van der Waals surface area contributed by atoms with E-state index in [4.69, 9.17) is 25.8 Å². The Labute approximate surface area is 165 Å².